The molecule has 5 aromatic rings. The molecule has 11 nitrogen and oxygen atoms in total. The number of para-hydroxylation sites is 3. The van der Waals surface area contributed by atoms with Crippen LogP contribution in [0.1, 0.15) is 41.4 Å². The van der Waals surface area contributed by atoms with Gasteiger partial charge in [-0.05, 0) is 104 Å². The van der Waals surface area contributed by atoms with Crippen molar-refractivity contribution in [2.24, 2.45) is 0 Å². The Hall–Kier alpha value is -4.46. The number of rotatable bonds is 8. The maximum Gasteiger partial charge on any atom is 0.426 e. The highest BCUT2D eigenvalue weighted by molar-refractivity contribution is 9.11. The van der Waals surface area contributed by atoms with Gasteiger partial charge in [0, 0.05) is 59.1 Å². The Bertz CT molecular complexity index is 1960. The average molecular weight is 789 g/mol. The molecule has 7 rings (SSSR count). The summed E-state index contributed by atoms with van der Waals surface area (Å²) in [5, 5.41) is 7.88. The number of benzene rings is 3. The zero-order valence-electron chi connectivity index (χ0n) is 26.7. The van der Waals surface area contributed by atoms with E-state index < -0.39 is 12.1 Å². The van der Waals surface area contributed by atoms with Crippen molar-refractivity contribution >= 4 is 66.4 Å². The number of hydrogen-bond acceptors (Lipinski definition) is 7. The van der Waals surface area contributed by atoms with Crippen molar-refractivity contribution in [1.29, 1.82) is 0 Å². The number of amides is 3. The molecule has 2 aliphatic heterocycles. The van der Waals surface area contributed by atoms with Crippen LogP contribution in [-0.4, -0.2) is 62.3 Å². The molecule has 4 N–H and O–H groups in total. The average Bonchev–Trinajstić information content (AvgIpc) is 3.37. The zero-order valence-corrected chi connectivity index (χ0v) is 29.9. The second-order valence-corrected chi connectivity index (χ2v) is 14.1. The summed E-state index contributed by atoms with van der Waals surface area (Å²) in [6.45, 7) is 2.19. The van der Waals surface area contributed by atoms with E-state index in [0.717, 1.165) is 48.8 Å². The minimum atomic E-state index is -0.569. The highest BCUT2D eigenvalue weighted by Crippen LogP contribution is 2.33. The molecule has 0 bridgehead atoms. The SMILES string of the molecule is Nc1c(Br)cc(C[C@@H](NC(=O)ON2CCC(N3CCc4ccccc4NC3=O)CC2)c2nc3ccccc3n2Cc2cccnc2)cc1Br. The van der Waals surface area contributed by atoms with Gasteiger partial charge in [-0.1, -0.05) is 36.4 Å². The lowest BCUT2D eigenvalue weighted by molar-refractivity contribution is -0.120. The van der Waals surface area contributed by atoms with Crippen LogP contribution < -0.4 is 16.4 Å². The van der Waals surface area contributed by atoms with Crippen LogP contribution >= 0.6 is 31.9 Å². The van der Waals surface area contributed by atoms with Gasteiger partial charge in [0.05, 0.1) is 29.3 Å². The van der Waals surface area contributed by atoms with Crippen LogP contribution in [-0.2, 0) is 24.2 Å². The van der Waals surface area contributed by atoms with E-state index in [1.165, 1.54) is 0 Å². The lowest BCUT2D eigenvalue weighted by atomic mass is 10.0. The number of nitrogens with zero attached hydrogens (tertiary/aromatic N) is 5. The largest absolute Gasteiger partial charge is 0.426 e. The molecule has 0 spiro atoms. The van der Waals surface area contributed by atoms with Gasteiger partial charge in [-0.25, -0.2) is 14.6 Å². The Morgan fingerprint density at radius 1 is 1.00 bits per heavy atom. The molecule has 1 atom stereocenters. The number of hydrogen-bond donors (Lipinski definition) is 3. The topological polar surface area (TPSA) is 131 Å². The summed E-state index contributed by atoms with van der Waals surface area (Å²) in [5.74, 6) is 0.693. The van der Waals surface area contributed by atoms with Crippen molar-refractivity contribution in [3.63, 3.8) is 0 Å². The number of nitrogens with one attached hydrogen (secondary N) is 2. The molecule has 3 aromatic carbocycles. The van der Waals surface area contributed by atoms with Crippen molar-refractivity contribution in [2.75, 3.05) is 30.7 Å². The molecular weight excluding hydrogens is 752 g/mol. The molecule has 4 heterocycles. The predicted octanol–water partition coefficient (Wildman–Crippen LogP) is 7.07. The number of carbonyl (C=O) groups excluding carboxylic acids is 2. The van der Waals surface area contributed by atoms with Crippen LogP contribution in [0.2, 0.25) is 0 Å². The Balaban J connectivity index is 1.08. The van der Waals surface area contributed by atoms with Gasteiger partial charge in [0.15, 0.2) is 0 Å². The number of fused-ring (bicyclic) bond motifs is 2. The zero-order chi connectivity index (χ0) is 33.9. The Labute approximate surface area is 301 Å². The Kier molecular flexibility index (Phi) is 9.83. The summed E-state index contributed by atoms with van der Waals surface area (Å²) in [5.41, 5.74) is 12.5. The number of imidazole rings is 1. The van der Waals surface area contributed by atoms with Crippen LogP contribution in [0, 0.1) is 0 Å². The number of piperidine rings is 1. The van der Waals surface area contributed by atoms with Crippen LogP contribution in [0.15, 0.2) is 94.1 Å². The van der Waals surface area contributed by atoms with E-state index in [-0.39, 0.29) is 12.1 Å². The minimum Gasteiger partial charge on any atom is -0.397 e. The normalized spacial score (nSPS) is 16.1. The lowest BCUT2D eigenvalue weighted by Gasteiger charge is -2.37. The predicted molar refractivity (Wildman–Crippen MR) is 196 cm³/mol. The Morgan fingerprint density at radius 2 is 1.76 bits per heavy atom. The Morgan fingerprint density at radius 3 is 2.53 bits per heavy atom. The number of anilines is 2. The fraction of sp³-hybridized carbons (Fsp3) is 0.278. The highest BCUT2D eigenvalue weighted by atomic mass is 79.9. The van der Waals surface area contributed by atoms with E-state index in [9.17, 15) is 9.59 Å². The molecule has 2 aromatic heterocycles. The summed E-state index contributed by atoms with van der Waals surface area (Å²) in [7, 11) is 0. The van der Waals surface area contributed by atoms with Gasteiger partial charge >= 0.3 is 12.1 Å². The van der Waals surface area contributed by atoms with Gasteiger partial charge in [0.1, 0.15) is 5.82 Å². The van der Waals surface area contributed by atoms with E-state index in [1.54, 1.807) is 11.3 Å². The summed E-state index contributed by atoms with van der Waals surface area (Å²) < 4.78 is 3.63. The molecule has 252 valence electrons. The van der Waals surface area contributed by atoms with E-state index in [2.05, 4.69) is 58.1 Å². The monoisotopic (exact) mass is 786 g/mol. The van der Waals surface area contributed by atoms with E-state index in [4.69, 9.17) is 15.6 Å². The molecule has 0 aliphatic carbocycles. The molecule has 1 saturated heterocycles. The second kappa shape index (κ2) is 14.6. The second-order valence-electron chi connectivity index (χ2n) is 12.3. The first-order valence-corrected chi connectivity index (χ1v) is 17.9. The molecule has 13 heteroatoms. The van der Waals surface area contributed by atoms with E-state index in [0.29, 0.717) is 57.0 Å². The highest BCUT2D eigenvalue weighted by Gasteiger charge is 2.32. The van der Waals surface area contributed by atoms with Gasteiger partial charge in [0.2, 0.25) is 0 Å². The van der Waals surface area contributed by atoms with Crippen molar-refractivity contribution in [2.45, 2.75) is 44.3 Å². The summed E-state index contributed by atoms with van der Waals surface area (Å²) in [6, 6.07) is 23.1. The number of halogens is 2. The maximum atomic E-state index is 13.6. The number of nitrogen functional groups attached to an aromatic ring is 1. The number of nitrogens with two attached hydrogens (primary N) is 1. The summed E-state index contributed by atoms with van der Waals surface area (Å²) in [4.78, 5) is 43.9. The third-order valence-electron chi connectivity index (χ3n) is 9.15. The summed E-state index contributed by atoms with van der Waals surface area (Å²) >= 11 is 7.13. The standard InChI is InChI=1S/C36H36Br2N8O3/c37-27-18-24(19-28(38)33(27)39)20-31(34-41-30-9-3-4-10-32(30)46(34)22-23-6-5-14-40-21-23)43-36(48)49-44-15-12-26(13-16-44)45-17-11-25-7-1-2-8-29(25)42-35(45)47/h1-10,14,18-19,21,26,31H,11-13,15-17,20,22,39H2,(H,42,47)(H,43,48)/t31-/m1/s1. The number of hydroxylamine groups is 2. The van der Waals surface area contributed by atoms with Crippen molar-refractivity contribution in [3.05, 3.63) is 117 Å². The third-order valence-corrected chi connectivity index (χ3v) is 10.5. The lowest BCUT2D eigenvalue weighted by Crippen LogP contribution is -2.49. The number of urea groups is 1. The molecule has 49 heavy (non-hydrogen) atoms. The smallest absolute Gasteiger partial charge is 0.397 e. The van der Waals surface area contributed by atoms with Crippen molar-refractivity contribution in [3.8, 4) is 0 Å². The van der Waals surface area contributed by atoms with Gasteiger partial charge in [-0.2, -0.15) is 0 Å². The number of carbonyl (C=O) groups is 2. The minimum absolute atomic E-state index is 0.0553. The first kappa shape index (κ1) is 33.1. The third kappa shape index (κ3) is 7.43. The molecule has 1 fully saturated rings. The van der Waals surface area contributed by atoms with Crippen molar-refractivity contribution in [1.82, 2.24) is 29.8 Å². The van der Waals surface area contributed by atoms with Gasteiger partial charge < -0.3 is 30.7 Å². The number of aromatic nitrogens is 3. The molecule has 3 amide bonds. The van der Waals surface area contributed by atoms with E-state index in [1.807, 2.05) is 77.8 Å². The molecule has 0 saturated carbocycles. The van der Waals surface area contributed by atoms with Gasteiger partial charge in [0.25, 0.3) is 0 Å². The molecule has 0 radical (unpaired) electrons. The quantitative estimate of drug-likeness (QED) is 0.144. The molecule has 2 aliphatic rings. The van der Waals surface area contributed by atoms with Crippen LogP contribution in [0.4, 0.5) is 21.0 Å². The van der Waals surface area contributed by atoms with Gasteiger partial charge in [-0.15, -0.1) is 5.06 Å². The molecular formula is C36H36Br2N8O3. The fourth-order valence-electron chi connectivity index (χ4n) is 6.67. The number of pyridine rings is 1. The maximum absolute atomic E-state index is 13.6. The van der Waals surface area contributed by atoms with Crippen LogP contribution in [0.25, 0.3) is 11.0 Å². The van der Waals surface area contributed by atoms with E-state index >= 15 is 0 Å². The first-order valence-electron chi connectivity index (χ1n) is 16.3. The first-order chi connectivity index (χ1) is 23.8. The molecule has 0 unspecified atom stereocenters. The van der Waals surface area contributed by atoms with Crippen LogP contribution in [0.3, 0.4) is 0 Å². The summed E-state index contributed by atoms with van der Waals surface area (Å²) in [6.07, 6.45) is 5.61. The fourth-order valence-corrected chi connectivity index (χ4v) is 7.95. The van der Waals surface area contributed by atoms with Crippen molar-refractivity contribution < 1.29 is 14.4 Å². The van der Waals surface area contributed by atoms with Gasteiger partial charge in [-0.3, -0.25) is 4.98 Å². The van der Waals surface area contributed by atoms with Crippen LogP contribution in [0.5, 0.6) is 0 Å².